The fourth-order valence-electron chi connectivity index (χ4n) is 2.34. The molecular weight excluding hydrogens is 353 g/mol. The van der Waals surface area contributed by atoms with Crippen LogP contribution in [0.3, 0.4) is 0 Å². The maximum atomic E-state index is 13.0. The minimum atomic E-state index is -0.497. The number of carbonyl (C=O) groups excluding carboxylic acids is 1. The van der Waals surface area contributed by atoms with Crippen LogP contribution in [-0.2, 0) is 0 Å². The first kappa shape index (κ1) is 16.5. The van der Waals surface area contributed by atoms with Crippen molar-refractivity contribution in [2.45, 2.75) is 6.92 Å². The molecule has 1 N–H and O–H groups in total. The summed E-state index contributed by atoms with van der Waals surface area (Å²) in [7, 11) is 0. The number of nitrogens with one attached hydrogen (secondary N) is 1. The van der Waals surface area contributed by atoms with E-state index in [4.69, 9.17) is 4.74 Å². The summed E-state index contributed by atoms with van der Waals surface area (Å²) in [5.74, 6) is 0.619. The Labute approximate surface area is 151 Å². The highest BCUT2D eigenvalue weighted by molar-refractivity contribution is 6.08. The Morgan fingerprint density at radius 2 is 1.96 bits per heavy atom. The number of pyridine rings is 2. The van der Waals surface area contributed by atoms with Gasteiger partial charge in [-0.1, -0.05) is 0 Å². The summed E-state index contributed by atoms with van der Waals surface area (Å²) < 4.78 is 20.2. The third-order valence-corrected chi connectivity index (χ3v) is 3.57. The molecule has 0 fully saturated rings. The third kappa shape index (κ3) is 3.54. The molecule has 0 aromatic carbocycles. The second-order valence-corrected chi connectivity index (χ2v) is 5.54. The Hall–Kier alpha value is -3.95. The molecule has 4 rings (SSSR count). The van der Waals surface area contributed by atoms with Crippen molar-refractivity contribution < 1.29 is 13.9 Å². The summed E-state index contributed by atoms with van der Waals surface area (Å²) in [6, 6.07) is 4.08. The maximum Gasteiger partial charge on any atom is 0.260 e. The maximum absolute atomic E-state index is 13.0. The van der Waals surface area contributed by atoms with E-state index in [-0.39, 0.29) is 11.4 Å². The molecule has 9 nitrogen and oxygen atoms in total. The van der Waals surface area contributed by atoms with Crippen LogP contribution in [0.2, 0.25) is 0 Å². The molecule has 134 valence electrons. The van der Waals surface area contributed by atoms with E-state index in [1.807, 2.05) is 0 Å². The van der Waals surface area contributed by atoms with Crippen molar-refractivity contribution in [1.82, 2.24) is 29.5 Å². The van der Waals surface area contributed by atoms with E-state index in [0.29, 0.717) is 23.0 Å². The highest BCUT2D eigenvalue weighted by Gasteiger charge is 2.16. The number of aromatic nitrogens is 6. The lowest BCUT2D eigenvalue weighted by atomic mass is 10.2. The number of hydrogen-bond donors (Lipinski definition) is 1. The van der Waals surface area contributed by atoms with Crippen molar-refractivity contribution in [3.05, 3.63) is 66.5 Å². The van der Waals surface area contributed by atoms with E-state index in [2.05, 4.69) is 30.5 Å². The van der Waals surface area contributed by atoms with Crippen molar-refractivity contribution in [2.24, 2.45) is 0 Å². The van der Waals surface area contributed by atoms with Gasteiger partial charge in [0.1, 0.15) is 29.5 Å². The van der Waals surface area contributed by atoms with E-state index in [1.165, 1.54) is 36.9 Å². The summed E-state index contributed by atoms with van der Waals surface area (Å²) >= 11 is 0. The second kappa shape index (κ2) is 6.75. The zero-order chi connectivity index (χ0) is 18.8. The molecule has 27 heavy (non-hydrogen) atoms. The summed E-state index contributed by atoms with van der Waals surface area (Å²) in [5, 5.41) is 10.3. The molecule has 0 aliphatic carbocycles. The van der Waals surface area contributed by atoms with Crippen LogP contribution in [0.25, 0.3) is 5.65 Å². The molecule has 4 aromatic heterocycles. The summed E-state index contributed by atoms with van der Waals surface area (Å²) in [6.07, 6.45) is 7.14. The average molecular weight is 365 g/mol. The number of halogens is 1. The Kier molecular flexibility index (Phi) is 4.13. The van der Waals surface area contributed by atoms with E-state index in [9.17, 15) is 9.18 Å². The lowest BCUT2D eigenvalue weighted by Crippen LogP contribution is -2.14. The van der Waals surface area contributed by atoms with E-state index in [0.717, 1.165) is 6.20 Å². The number of amides is 1. The third-order valence-electron chi connectivity index (χ3n) is 3.57. The summed E-state index contributed by atoms with van der Waals surface area (Å²) in [5.41, 5.74) is 0.547. The molecule has 10 heteroatoms. The monoisotopic (exact) mass is 365 g/mol. The number of carbonyl (C=O) groups is 1. The molecule has 4 heterocycles. The number of rotatable bonds is 4. The van der Waals surface area contributed by atoms with Gasteiger partial charge in [0.15, 0.2) is 11.4 Å². The SMILES string of the molecule is Cc1ncc(Oc2cc(C(=O)Nc3ccc(F)cn3)c3nncn3c2)cn1. The van der Waals surface area contributed by atoms with E-state index < -0.39 is 11.7 Å². The lowest BCUT2D eigenvalue weighted by Gasteiger charge is -2.09. The number of hydrogen-bond acceptors (Lipinski definition) is 7. The van der Waals surface area contributed by atoms with Gasteiger partial charge in [-0.2, -0.15) is 0 Å². The minimum absolute atomic E-state index is 0.206. The largest absolute Gasteiger partial charge is 0.453 e. The highest BCUT2D eigenvalue weighted by Crippen LogP contribution is 2.23. The first-order valence-corrected chi connectivity index (χ1v) is 7.81. The first-order valence-electron chi connectivity index (χ1n) is 7.81. The zero-order valence-electron chi connectivity index (χ0n) is 14.0. The molecule has 0 aliphatic rings. The predicted molar refractivity (Wildman–Crippen MR) is 92.0 cm³/mol. The van der Waals surface area contributed by atoms with Crippen molar-refractivity contribution >= 4 is 17.4 Å². The zero-order valence-corrected chi connectivity index (χ0v) is 14.0. The Bertz CT molecular complexity index is 1110. The molecule has 4 aromatic rings. The van der Waals surface area contributed by atoms with Gasteiger partial charge in [0, 0.05) is 0 Å². The Balaban J connectivity index is 1.66. The Morgan fingerprint density at radius 3 is 2.70 bits per heavy atom. The van der Waals surface area contributed by atoms with Gasteiger partial charge in [-0.3, -0.25) is 9.20 Å². The normalized spacial score (nSPS) is 10.7. The van der Waals surface area contributed by atoms with Gasteiger partial charge >= 0.3 is 0 Å². The number of nitrogens with zero attached hydrogens (tertiary/aromatic N) is 6. The molecule has 0 saturated heterocycles. The molecular formula is C17H12FN7O2. The molecule has 0 bridgehead atoms. The van der Waals surface area contributed by atoms with Crippen LogP contribution in [0.4, 0.5) is 10.2 Å². The van der Waals surface area contributed by atoms with Gasteiger partial charge in [-0.25, -0.2) is 19.3 Å². The van der Waals surface area contributed by atoms with Gasteiger partial charge < -0.3 is 10.1 Å². The Morgan fingerprint density at radius 1 is 1.15 bits per heavy atom. The van der Waals surface area contributed by atoms with Crippen molar-refractivity contribution in [1.29, 1.82) is 0 Å². The van der Waals surface area contributed by atoms with E-state index in [1.54, 1.807) is 17.5 Å². The summed E-state index contributed by atoms with van der Waals surface area (Å²) in [6.45, 7) is 1.76. The predicted octanol–water partition coefficient (Wildman–Crippen LogP) is 2.41. The number of anilines is 1. The molecule has 1 amide bonds. The quantitative estimate of drug-likeness (QED) is 0.592. The van der Waals surface area contributed by atoms with Crippen LogP contribution < -0.4 is 10.1 Å². The fourth-order valence-corrected chi connectivity index (χ4v) is 2.34. The smallest absolute Gasteiger partial charge is 0.260 e. The van der Waals surface area contributed by atoms with Crippen LogP contribution in [0.15, 0.2) is 49.3 Å². The van der Waals surface area contributed by atoms with Crippen LogP contribution in [0.5, 0.6) is 11.5 Å². The van der Waals surface area contributed by atoms with Gasteiger partial charge in [-0.15, -0.1) is 10.2 Å². The molecule has 0 atom stereocenters. The van der Waals surface area contributed by atoms with Gasteiger partial charge in [-0.05, 0) is 25.1 Å². The summed E-state index contributed by atoms with van der Waals surface area (Å²) in [4.78, 5) is 24.6. The van der Waals surface area contributed by atoms with Crippen LogP contribution in [0, 0.1) is 12.7 Å². The lowest BCUT2D eigenvalue weighted by molar-refractivity contribution is 0.102. The van der Waals surface area contributed by atoms with E-state index >= 15 is 0 Å². The van der Waals surface area contributed by atoms with Crippen LogP contribution >= 0.6 is 0 Å². The van der Waals surface area contributed by atoms with Gasteiger partial charge in [0.05, 0.1) is 30.4 Å². The standard InChI is InChI=1S/C17H12FN7O2/c1-10-19-6-13(7-20-10)27-12-4-14(16-24-22-9-25(16)8-12)17(26)23-15-3-2-11(18)5-21-15/h2-9H,1H3,(H,21,23,26). The fraction of sp³-hybridized carbons (Fsp3) is 0.0588. The molecule has 0 radical (unpaired) electrons. The average Bonchev–Trinajstić information content (AvgIpc) is 3.13. The second-order valence-electron chi connectivity index (χ2n) is 5.54. The first-order chi connectivity index (χ1) is 13.1. The molecule has 0 saturated carbocycles. The highest BCUT2D eigenvalue weighted by atomic mass is 19.1. The van der Waals surface area contributed by atoms with Crippen molar-refractivity contribution in [2.75, 3.05) is 5.32 Å². The van der Waals surface area contributed by atoms with Crippen LogP contribution in [-0.4, -0.2) is 35.5 Å². The number of ether oxygens (including phenoxy) is 1. The van der Waals surface area contributed by atoms with Crippen LogP contribution in [0.1, 0.15) is 16.2 Å². The van der Waals surface area contributed by atoms with Gasteiger partial charge in [0.2, 0.25) is 0 Å². The van der Waals surface area contributed by atoms with Crippen molar-refractivity contribution in [3.63, 3.8) is 0 Å². The molecule has 0 aliphatic heterocycles. The topological polar surface area (TPSA) is 107 Å². The minimum Gasteiger partial charge on any atom is -0.453 e. The van der Waals surface area contributed by atoms with Crippen molar-refractivity contribution in [3.8, 4) is 11.5 Å². The number of aryl methyl sites for hydroxylation is 1. The molecule has 0 unspecified atom stereocenters. The molecule has 0 spiro atoms. The van der Waals surface area contributed by atoms with Gasteiger partial charge in [0.25, 0.3) is 5.91 Å². The number of fused-ring (bicyclic) bond motifs is 1.